The van der Waals surface area contributed by atoms with Gasteiger partial charge in [0.25, 0.3) is 0 Å². The highest BCUT2D eigenvalue weighted by Crippen LogP contribution is 2.28. The summed E-state index contributed by atoms with van der Waals surface area (Å²) >= 11 is 0. The van der Waals surface area contributed by atoms with Gasteiger partial charge in [-0.25, -0.2) is 0 Å². The average molecular weight is 459 g/mol. The van der Waals surface area contributed by atoms with E-state index in [2.05, 4.69) is 10.3 Å². The zero-order valence-electron chi connectivity index (χ0n) is 19.0. The fourth-order valence-electron chi connectivity index (χ4n) is 2.78. The summed E-state index contributed by atoms with van der Waals surface area (Å²) in [5, 5.41) is 22.2. The van der Waals surface area contributed by atoms with Crippen LogP contribution in [0.15, 0.2) is 42.6 Å². The van der Waals surface area contributed by atoms with E-state index in [1.807, 2.05) is 12.1 Å². The monoisotopic (exact) mass is 458 g/mol. The summed E-state index contributed by atoms with van der Waals surface area (Å²) in [4.78, 5) is 16.1. The van der Waals surface area contributed by atoms with E-state index < -0.39 is 0 Å². The number of pyridine rings is 1. The van der Waals surface area contributed by atoms with Crippen molar-refractivity contribution in [2.75, 3.05) is 34.2 Å². The van der Waals surface area contributed by atoms with Crippen LogP contribution in [0, 0.1) is 6.92 Å². The molecule has 0 radical (unpaired) electrons. The van der Waals surface area contributed by atoms with Gasteiger partial charge in [-0.15, -0.1) is 0 Å². The van der Waals surface area contributed by atoms with Gasteiger partial charge in [-0.3, -0.25) is 9.78 Å². The number of hydrogen-bond donors (Lipinski definition) is 3. The van der Waals surface area contributed by atoms with Crippen molar-refractivity contribution in [1.82, 2.24) is 10.3 Å². The SMILES string of the molecule is COCCOCOc1ccc(C=CC=CC(=O)NCc2c(CO)cnc(C)c2O)cc1OC. The molecule has 0 spiro atoms. The van der Waals surface area contributed by atoms with Crippen LogP contribution in [0.3, 0.4) is 0 Å². The van der Waals surface area contributed by atoms with Crippen LogP contribution in [-0.4, -0.2) is 55.3 Å². The number of ether oxygens (including phenoxy) is 4. The maximum atomic E-state index is 12.1. The molecule has 0 aliphatic rings. The lowest BCUT2D eigenvalue weighted by atomic mass is 10.1. The molecule has 9 heteroatoms. The summed E-state index contributed by atoms with van der Waals surface area (Å²) in [5.41, 5.74) is 2.20. The van der Waals surface area contributed by atoms with E-state index in [1.54, 1.807) is 45.4 Å². The van der Waals surface area contributed by atoms with Crippen molar-refractivity contribution in [3.8, 4) is 17.2 Å². The number of aromatic nitrogens is 1. The van der Waals surface area contributed by atoms with Gasteiger partial charge in [-0.2, -0.15) is 0 Å². The summed E-state index contributed by atoms with van der Waals surface area (Å²) in [7, 11) is 3.15. The minimum Gasteiger partial charge on any atom is -0.506 e. The molecule has 0 fully saturated rings. The number of carbonyl (C=O) groups is 1. The van der Waals surface area contributed by atoms with E-state index in [9.17, 15) is 15.0 Å². The van der Waals surface area contributed by atoms with E-state index >= 15 is 0 Å². The molecule has 33 heavy (non-hydrogen) atoms. The summed E-state index contributed by atoms with van der Waals surface area (Å²) < 4.78 is 21.1. The Labute approximate surface area is 193 Å². The van der Waals surface area contributed by atoms with Gasteiger partial charge in [-0.1, -0.05) is 24.3 Å². The van der Waals surface area contributed by atoms with Gasteiger partial charge in [0.05, 0.1) is 32.6 Å². The quantitative estimate of drug-likeness (QED) is 0.181. The molecule has 1 aromatic heterocycles. The number of aliphatic hydroxyl groups excluding tert-OH is 1. The Hall–Kier alpha value is -3.40. The molecule has 2 rings (SSSR count). The first-order valence-electron chi connectivity index (χ1n) is 10.3. The third kappa shape index (κ3) is 8.23. The van der Waals surface area contributed by atoms with Crippen molar-refractivity contribution in [1.29, 1.82) is 0 Å². The maximum Gasteiger partial charge on any atom is 0.244 e. The van der Waals surface area contributed by atoms with Crippen molar-refractivity contribution < 1.29 is 34.0 Å². The van der Waals surface area contributed by atoms with Crippen molar-refractivity contribution >= 4 is 12.0 Å². The zero-order valence-corrected chi connectivity index (χ0v) is 19.0. The van der Waals surface area contributed by atoms with Gasteiger partial charge in [0.2, 0.25) is 5.91 Å². The molecule has 0 aliphatic heterocycles. The maximum absolute atomic E-state index is 12.1. The van der Waals surface area contributed by atoms with Crippen molar-refractivity contribution in [3.63, 3.8) is 0 Å². The number of aliphatic hydroxyl groups is 1. The number of methoxy groups -OCH3 is 2. The Morgan fingerprint density at radius 1 is 1.18 bits per heavy atom. The van der Waals surface area contributed by atoms with Crippen LogP contribution < -0.4 is 14.8 Å². The molecular formula is C24H30N2O7. The van der Waals surface area contributed by atoms with Crippen LogP contribution in [0.2, 0.25) is 0 Å². The van der Waals surface area contributed by atoms with Crippen LogP contribution in [0.1, 0.15) is 22.4 Å². The van der Waals surface area contributed by atoms with Crippen molar-refractivity contribution in [3.05, 3.63) is 65.0 Å². The predicted molar refractivity (Wildman–Crippen MR) is 123 cm³/mol. The number of rotatable bonds is 13. The molecule has 0 unspecified atom stereocenters. The number of aryl methyl sites for hydroxylation is 1. The lowest BCUT2D eigenvalue weighted by Gasteiger charge is -2.11. The second kappa shape index (κ2) is 13.9. The largest absolute Gasteiger partial charge is 0.506 e. The molecule has 178 valence electrons. The molecule has 3 N–H and O–H groups in total. The standard InChI is InChI=1S/C24H30N2O7/c1-17-24(29)20(19(15-27)13-25-17)14-26-23(28)7-5-4-6-18-8-9-21(22(12-18)31-3)33-16-32-11-10-30-2/h4-9,12-13,27,29H,10-11,14-16H2,1-3H3,(H,26,28). The first kappa shape index (κ1) is 25.9. The fraction of sp³-hybridized carbons (Fsp3) is 0.333. The fourth-order valence-corrected chi connectivity index (χ4v) is 2.78. The Bertz CT molecular complexity index is 974. The van der Waals surface area contributed by atoms with E-state index in [0.29, 0.717) is 41.5 Å². The average Bonchev–Trinajstić information content (AvgIpc) is 2.83. The van der Waals surface area contributed by atoms with E-state index in [4.69, 9.17) is 18.9 Å². The summed E-state index contributed by atoms with van der Waals surface area (Å²) in [6.07, 6.45) is 7.98. The molecule has 0 saturated carbocycles. The minimum absolute atomic E-state index is 0.0337. The van der Waals surface area contributed by atoms with Crippen LogP contribution in [0.4, 0.5) is 0 Å². The van der Waals surface area contributed by atoms with Crippen LogP contribution in [0.25, 0.3) is 6.08 Å². The Balaban J connectivity index is 1.89. The first-order valence-corrected chi connectivity index (χ1v) is 10.3. The van der Waals surface area contributed by atoms with Crippen LogP contribution in [0.5, 0.6) is 17.2 Å². The van der Waals surface area contributed by atoms with Gasteiger partial charge in [-0.05, 0) is 24.6 Å². The molecular weight excluding hydrogens is 428 g/mol. The molecule has 9 nitrogen and oxygen atoms in total. The Morgan fingerprint density at radius 2 is 2.00 bits per heavy atom. The number of carbonyl (C=O) groups excluding carboxylic acids is 1. The second-order valence-corrected chi connectivity index (χ2v) is 6.86. The van der Waals surface area contributed by atoms with Gasteiger partial charge in [0, 0.05) is 37.1 Å². The van der Waals surface area contributed by atoms with Gasteiger partial charge >= 0.3 is 0 Å². The summed E-state index contributed by atoms with van der Waals surface area (Å²) in [6.45, 7) is 2.46. The van der Waals surface area contributed by atoms with Crippen molar-refractivity contribution in [2.24, 2.45) is 0 Å². The first-order chi connectivity index (χ1) is 16.0. The van der Waals surface area contributed by atoms with E-state index in [-0.39, 0.29) is 31.6 Å². The smallest absolute Gasteiger partial charge is 0.244 e. The molecule has 2 aromatic rings. The minimum atomic E-state index is -0.341. The molecule has 1 heterocycles. The lowest BCUT2D eigenvalue weighted by Crippen LogP contribution is -2.21. The molecule has 1 amide bonds. The third-order valence-corrected chi connectivity index (χ3v) is 4.60. The van der Waals surface area contributed by atoms with Crippen LogP contribution >= 0.6 is 0 Å². The molecule has 0 saturated heterocycles. The highest BCUT2D eigenvalue weighted by Gasteiger charge is 2.11. The van der Waals surface area contributed by atoms with Gasteiger partial charge in [0.15, 0.2) is 18.3 Å². The number of aromatic hydroxyl groups is 1. The molecule has 1 aromatic carbocycles. The second-order valence-electron chi connectivity index (χ2n) is 6.86. The predicted octanol–water partition coefficient (Wildman–Crippen LogP) is 2.48. The number of nitrogens with zero attached hydrogens (tertiary/aromatic N) is 1. The number of hydrogen-bond acceptors (Lipinski definition) is 8. The molecule has 0 atom stereocenters. The van der Waals surface area contributed by atoms with Gasteiger partial charge in [0.1, 0.15) is 5.75 Å². The molecule has 0 bridgehead atoms. The highest BCUT2D eigenvalue weighted by molar-refractivity contribution is 5.87. The number of amides is 1. The van der Waals surface area contributed by atoms with E-state index in [1.165, 1.54) is 12.3 Å². The summed E-state index contributed by atoms with van der Waals surface area (Å²) in [5.74, 6) is 0.737. The zero-order chi connectivity index (χ0) is 24.1. The van der Waals surface area contributed by atoms with Crippen LogP contribution in [-0.2, 0) is 27.4 Å². The van der Waals surface area contributed by atoms with Crippen molar-refractivity contribution in [2.45, 2.75) is 20.1 Å². The summed E-state index contributed by atoms with van der Waals surface area (Å²) in [6, 6.07) is 5.43. The number of nitrogens with one attached hydrogen (secondary N) is 1. The number of allylic oxidation sites excluding steroid dienone is 2. The third-order valence-electron chi connectivity index (χ3n) is 4.60. The highest BCUT2D eigenvalue weighted by atomic mass is 16.7. The normalized spacial score (nSPS) is 11.3. The lowest BCUT2D eigenvalue weighted by molar-refractivity contribution is -0.116. The molecule has 0 aliphatic carbocycles. The Kier molecular flexibility index (Phi) is 10.9. The topological polar surface area (TPSA) is 119 Å². The number of benzene rings is 1. The van der Waals surface area contributed by atoms with E-state index in [0.717, 1.165) is 5.56 Å². The van der Waals surface area contributed by atoms with Gasteiger partial charge < -0.3 is 34.5 Å². The Morgan fingerprint density at radius 3 is 2.73 bits per heavy atom.